The minimum atomic E-state index is -0.0817. The zero-order valence-electron chi connectivity index (χ0n) is 11.3. The van der Waals surface area contributed by atoms with Gasteiger partial charge in [0.25, 0.3) is 5.91 Å². The van der Waals surface area contributed by atoms with Crippen LogP contribution in [0.1, 0.15) is 27.6 Å². The smallest absolute Gasteiger partial charge is 0.251 e. The van der Waals surface area contributed by atoms with E-state index in [1.165, 1.54) is 5.56 Å². The van der Waals surface area contributed by atoms with Gasteiger partial charge in [0.2, 0.25) is 5.89 Å². The molecule has 104 valence electrons. The van der Waals surface area contributed by atoms with E-state index in [2.05, 4.69) is 20.8 Å². The molecule has 2 N–H and O–H groups in total. The van der Waals surface area contributed by atoms with Crippen molar-refractivity contribution in [2.75, 3.05) is 18.4 Å². The summed E-state index contributed by atoms with van der Waals surface area (Å²) in [5.74, 6) is 1.07. The monoisotopic (exact) mass is 272 g/mol. The van der Waals surface area contributed by atoms with Gasteiger partial charge < -0.3 is 15.2 Å². The number of fused-ring (bicyclic) bond motifs is 1. The Morgan fingerprint density at radius 2 is 2.40 bits per heavy atom. The largest absolute Gasteiger partial charge is 0.384 e. The topological polar surface area (TPSA) is 80.0 Å². The van der Waals surface area contributed by atoms with E-state index in [1.54, 1.807) is 6.92 Å². The van der Waals surface area contributed by atoms with Crippen LogP contribution < -0.4 is 10.6 Å². The standard InChI is InChI=1S/C14H16N4O2/c1-9-17-13(18-20-9)5-7-16-14(19)11-3-2-10-4-6-15-12(10)8-11/h2-3,8,15H,4-7H2,1H3,(H,16,19). The lowest BCUT2D eigenvalue weighted by atomic mass is 10.1. The number of amides is 1. The summed E-state index contributed by atoms with van der Waals surface area (Å²) < 4.78 is 4.87. The molecule has 6 heteroatoms. The van der Waals surface area contributed by atoms with Crippen LogP contribution in [0.2, 0.25) is 0 Å². The highest BCUT2D eigenvalue weighted by Gasteiger charge is 2.13. The first kappa shape index (κ1) is 12.7. The molecule has 20 heavy (non-hydrogen) atoms. The Balaban J connectivity index is 1.56. The molecule has 1 aromatic carbocycles. The number of anilines is 1. The number of carbonyl (C=O) groups excluding carboxylic acids is 1. The Morgan fingerprint density at radius 3 is 3.20 bits per heavy atom. The average molecular weight is 272 g/mol. The third kappa shape index (κ3) is 2.64. The summed E-state index contributed by atoms with van der Waals surface area (Å²) in [6, 6.07) is 5.77. The van der Waals surface area contributed by atoms with E-state index in [-0.39, 0.29) is 5.91 Å². The average Bonchev–Trinajstić information content (AvgIpc) is 3.06. The summed E-state index contributed by atoms with van der Waals surface area (Å²) in [6.07, 6.45) is 1.58. The second-order valence-corrected chi connectivity index (χ2v) is 4.78. The molecule has 0 fully saturated rings. The highest BCUT2D eigenvalue weighted by Crippen LogP contribution is 2.23. The number of hydrogen-bond donors (Lipinski definition) is 2. The van der Waals surface area contributed by atoms with Crippen molar-refractivity contribution in [1.29, 1.82) is 0 Å². The molecule has 0 aliphatic carbocycles. The van der Waals surface area contributed by atoms with Crippen LogP contribution >= 0.6 is 0 Å². The number of aryl methyl sites for hydroxylation is 1. The molecule has 2 heterocycles. The van der Waals surface area contributed by atoms with Crippen LogP contribution in [0.5, 0.6) is 0 Å². The molecule has 0 unspecified atom stereocenters. The van der Waals surface area contributed by atoms with Crippen LogP contribution in [0.15, 0.2) is 22.7 Å². The minimum Gasteiger partial charge on any atom is -0.384 e. The quantitative estimate of drug-likeness (QED) is 0.877. The molecular formula is C14H16N4O2. The van der Waals surface area contributed by atoms with Gasteiger partial charge in [-0.3, -0.25) is 4.79 Å². The molecule has 1 aliphatic heterocycles. The Kier molecular flexibility index (Phi) is 3.37. The third-order valence-corrected chi connectivity index (χ3v) is 3.29. The fourth-order valence-corrected chi connectivity index (χ4v) is 2.26. The number of aromatic nitrogens is 2. The van der Waals surface area contributed by atoms with Crippen molar-refractivity contribution in [2.24, 2.45) is 0 Å². The second-order valence-electron chi connectivity index (χ2n) is 4.78. The van der Waals surface area contributed by atoms with Gasteiger partial charge in [-0.2, -0.15) is 4.98 Å². The van der Waals surface area contributed by atoms with E-state index in [1.807, 2.05) is 18.2 Å². The predicted molar refractivity (Wildman–Crippen MR) is 73.7 cm³/mol. The maximum Gasteiger partial charge on any atom is 0.251 e. The van der Waals surface area contributed by atoms with Crippen molar-refractivity contribution in [2.45, 2.75) is 19.8 Å². The first-order chi connectivity index (χ1) is 9.72. The van der Waals surface area contributed by atoms with Crippen LogP contribution in [0, 0.1) is 6.92 Å². The number of hydrogen-bond acceptors (Lipinski definition) is 5. The van der Waals surface area contributed by atoms with Crippen LogP contribution in [-0.4, -0.2) is 29.1 Å². The molecule has 6 nitrogen and oxygen atoms in total. The maximum atomic E-state index is 12.0. The Labute approximate surface area is 116 Å². The normalized spacial score (nSPS) is 12.8. The molecule has 1 amide bonds. The van der Waals surface area contributed by atoms with Gasteiger partial charge in [0, 0.05) is 37.7 Å². The fourth-order valence-electron chi connectivity index (χ4n) is 2.26. The van der Waals surface area contributed by atoms with E-state index >= 15 is 0 Å². The van der Waals surface area contributed by atoms with Gasteiger partial charge >= 0.3 is 0 Å². The van der Waals surface area contributed by atoms with E-state index in [0.29, 0.717) is 30.2 Å². The first-order valence-corrected chi connectivity index (χ1v) is 6.66. The van der Waals surface area contributed by atoms with Crippen molar-refractivity contribution in [3.05, 3.63) is 41.0 Å². The predicted octanol–water partition coefficient (Wildman–Crippen LogP) is 1.32. The Hall–Kier alpha value is -2.37. The van der Waals surface area contributed by atoms with E-state index in [4.69, 9.17) is 4.52 Å². The molecule has 0 saturated carbocycles. The summed E-state index contributed by atoms with van der Waals surface area (Å²) in [5.41, 5.74) is 3.00. The number of rotatable bonds is 4. The molecule has 2 aromatic rings. The van der Waals surface area contributed by atoms with Crippen molar-refractivity contribution < 1.29 is 9.32 Å². The van der Waals surface area contributed by atoms with Gasteiger partial charge in [-0.05, 0) is 24.1 Å². The molecule has 0 bridgehead atoms. The molecular weight excluding hydrogens is 256 g/mol. The van der Waals surface area contributed by atoms with Gasteiger partial charge in [-0.15, -0.1) is 0 Å². The number of benzene rings is 1. The lowest BCUT2D eigenvalue weighted by Crippen LogP contribution is -2.26. The second kappa shape index (κ2) is 5.32. The number of nitrogens with zero attached hydrogens (tertiary/aromatic N) is 2. The summed E-state index contributed by atoms with van der Waals surface area (Å²) in [5, 5.41) is 9.91. The fraction of sp³-hybridized carbons (Fsp3) is 0.357. The lowest BCUT2D eigenvalue weighted by molar-refractivity contribution is 0.0954. The molecule has 1 aromatic heterocycles. The third-order valence-electron chi connectivity index (χ3n) is 3.29. The SMILES string of the molecule is Cc1nc(CCNC(=O)c2ccc3c(c2)NCC3)no1. The lowest BCUT2D eigenvalue weighted by Gasteiger charge is -2.06. The molecule has 0 saturated heterocycles. The Bertz CT molecular complexity index is 636. The zero-order chi connectivity index (χ0) is 13.9. The van der Waals surface area contributed by atoms with Crippen molar-refractivity contribution in [1.82, 2.24) is 15.5 Å². The van der Waals surface area contributed by atoms with Crippen molar-refractivity contribution >= 4 is 11.6 Å². The summed E-state index contributed by atoms with van der Waals surface area (Å²) >= 11 is 0. The van der Waals surface area contributed by atoms with Crippen LogP contribution in [0.25, 0.3) is 0 Å². The molecule has 0 radical (unpaired) electrons. The maximum absolute atomic E-state index is 12.0. The molecule has 0 spiro atoms. The minimum absolute atomic E-state index is 0.0817. The van der Waals surface area contributed by atoms with Gasteiger partial charge in [-0.1, -0.05) is 11.2 Å². The van der Waals surface area contributed by atoms with Gasteiger partial charge in [0.15, 0.2) is 5.82 Å². The van der Waals surface area contributed by atoms with Crippen molar-refractivity contribution in [3.8, 4) is 0 Å². The summed E-state index contributed by atoms with van der Waals surface area (Å²) in [4.78, 5) is 16.1. The molecule has 3 rings (SSSR count). The van der Waals surface area contributed by atoms with E-state index in [0.717, 1.165) is 18.7 Å². The van der Waals surface area contributed by atoms with E-state index in [9.17, 15) is 4.79 Å². The first-order valence-electron chi connectivity index (χ1n) is 6.66. The van der Waals surface area contributed by atoms with Crippen LogP contribution in [-0.2, 0) is 12.8 Å². The van der Waals surface area contributed by atoms with Gasteiger partial charge in [-0.25, -0.2) is 0 Å². The summed E-state index contributed by atoms with van der Waals surface area (Å²) in [6.45, 7) is 3.17. The summed E-state index contributed by atoms with van der Waals surface area (Å²) in [7, 11) is 0. The zero-order valence-corrected chi connectivity index (χ0v) is 11.3. The van der Waals surface area contributed by atoms with E-state index < -0.39 is 0 Å². The Morgan fingerprint density at radius 1 is 1.50 bits per heavy atom. The van der Waals surface area contributed by atoms with Gasteiger partial charge in [0.05, 0.1) is 0 Å². The van der Waals surface area contributed by atoms with Crippen molar-refractivity contribution in [3.63, 3.8) is 0 Å². The number of carbonyl (C=O) groups is 1. The molecule has 0 atom stereocenters. The number of nitrogens with one attached hydrogen (secondary N) is 2. The van der Waals surface area contributed by atoms with Crippen LogP contribution in [0.4, 0.5) is 5.69 Å². The van der Waals surface area contributed by atoms with Gasteiger partial charge in [0.1, 0.15) is 0 Å². The molecule has 1 aliphatic rings. The highest BCUT2D eigenvalue weighted by molar-refractivity contribution is 5.95. The highest BCUT2D eigenvalue weighted by atomic mass is 16.5. The van der Waals surface area contributed by atoms with Crippen LogP contribution in [0.3, 0.4) is 0 Å².